The molecule has 164 valence electrons. The lowest BCUT2D eigenvalue weighted by atomic mass is 10.0. The number of rotatable bonds is 9. The van der Waals surface area contributed by atoms with Crippen molar-refractivity contribution in [3.05, 3.63) is 35.9 Å². The molecule has 2 rings (SSSR count). The van der Waals surface area contributed by atoms with Gasteiger partial charge in [-0.25, -0.2) is 4.79 Å². The van der Waals surface area contributed by atoms with E-state index in [2.05, 4.69) is 5.32 Å². The van der Waals surface area contributed by atoms with Crippen molar-refractivity contribution in [3.63, 3.8) is 0 Å². The van der Waals surface area contributed by atoms with Crippen molar-refractivity contribution in [2.75, 3.05) is 18.9 Å². The van der Waals surface area contributed by atoms with E-state index < -0.39 is 18.1 Å². The van der Waals surface area contributed by atoms with Crippen LogP contribution in [-0.4, -0.2) is 58.8 Å². The molecule has 1 heterocycles. The Kier molecular flexibility index (Phi) is 9.36. The van der Waals surface area contributed by atoms with E-state index in [9.17, 15) is 19.2 Å². The van der Waals surface area contributed by atoms with Crippen molar-refractivity contribution in [2.24, 2.45) is 5.92 Å². The molecule has 1 N–H and O–H groups in total. The number of nitrogens with one attached hydrogen (secondary N) is 1. The number of likely N-dealkylation sites (tertiary alicyclic amines) is 1. The zero-order valence-corrected chi connectivity index (χ0v) is 18.6. The molecule has 2 amide bonds. The summed E-state index contributed by atoms with van der Waals surface area (Å²) >= 11 is 1.11. The summed E-state index contributed by atoms with van der Waals surface area (Å²) < 4.78 is 5.14. The lowest BCUT2D eigenvalue weighted by molar-refractivity contribution is -0.148. The van der Waals surface area contributed by atoms with Crippen LogP contribution >= 0.6 is 11.8 Å². The summed E-state index contributed by atoms with van der Waals surface area (Å²) in [5.74, 6) is -0.953. The second-order valence-corrected chi connectivity index (χ2v) is 8.59. The van der Waals surface area contributed by atoms with Crippen LogP contribution in [0, 0.1) is 5.92 Å². The summed E-state index contributed by atoms with van der Waals surface area (Å²) in [6.07, 6.45) is 1.59. The summed E-state index contributed by atoms with van der Waals surface area (Å²) in [5.41, 5.74) is 0.907. The minimum absolute atomic E-state index is 0.0384. The van der Waals surface area contributed by atoms with Gasteiger partial charge in [0, 0.05) is 31.6 Å². The highest BCUT2D eigenvalue weighted by molar-refractivity contribution is 8.13. The average molecular weight is 435 g/mol. The van der Waals surface area contributed by atoms with E-state index in [1.54, 1.807) is 18.7 Å². The highest BCUT2D eigenvalue weighted by Crippen LogP contribution is 2.22. The largest absolute Gasteiger partial charge is 0.464 e. The van der Waals surface area contributed by atoms with Crippen molar-refractivity contribution < 1.29 is 23.9 Å². The number of amides is 2. The van der Waals surface area contributed by atoms with E-state index in [0.717, 1.165) is 23.7 Å². The summed E-state index contributed by atoms with van der Waals surface area (Å²) in [4.78, 5) is 51.0. The van der Waals surface area contributed by atoms with Gasteiger partial charge in [0.2, 0.25) is 11.8 Å². The molecule has 3 atom stereocenters. The lowest BCUT2D eigenvalue weighted by Gasteiger charge is -2.28. The fourth-order valence-corrected chi connectivity index (χ4v) is 4.08. The summed E-state index contributed by atoms with van der Waals surface area (Å²) in [6, 6.07) is 7.97. The standard InChI is InChI=1S/C22H30N2O5S/c1-4-29-22(28)18(13-17-9-6-5-7-10-17)23-20(26)19-11-8-12-24(19)21(27)15(2)14-30-16(3)25/h5-7,9-10,15,18-19H,4,8,11-14H2,1-3H3,(H,23,26)/t15-,18+,19+/m1/s1. The maximum atomic E-state index is 13.0. The monoisotopic (exact) mass is 434 g/mol. The fourth-order valence-electron chi connectivity index (χ4n) is 3.45. The van der Waals surface area contributed by atoms with Crippen LogP contribution in [0.25, 0.3) is 0 Å². The van der Waals surface area contributed by atoms with E-state index in [4.69, 9.17) is 4.74 Å². The molecule has 1 aliphatic rings. The molecule has 1 aromatic rings. The topological polar surface area (TPSA) is 92.8 Å². The van der Waals surface area contributed by atoms with Gasteiger partial charge in [0.1, 0.15) is 12.1 Å². The van der Waals surface area contributed by atoms with Gasteiger partial charge in [0.15, 0.2) is 5.12 Å². The van der Waals surface area contributed by atoms with Crippen LogP contribution in [-0.2, 0) is 30.3 Å². The Morgan fingerprint density at radius 3 is 2.57 bits per heavy atom. The molecule has 0 unspecified atom stereocenters. The average Bonchev–Trinajstić information content (AvgIpc) is 3.21. The fraction of sp³-hybridized carbons (Fsp3) is 0.545. The third-order valence-corrected chi connectivity index (χ3v) is 6.04. The summed E-state index contributed by atoms with van der Waals surface area (Å²) in [6.45, 7) is 5.67. The molecule has 0 aromatic heterocycles. The molecule has 1 aliphatic heterocycles. The molecule has 30 heavy (non-hydrogen) atoms. The molecule has 7 nitrogen and oxygen atoms in total. The highest BCUT2D eigenvalue weighted by atomic mass is 32.2. The van der Waals surface area contributed by atoms with Crippen LogP contribution in [0.3, 0.4) is 0 Å². The molecule has 0 bridgehead atoms. The first-order valence-electron chi connectivity index (χ1n) is 10.3. The number of ether oxygens (including phenoxy) is 1. The van der Waals surface area contributed by atoms with Gasteiger partial charge in [-0.3, -0.25) is 14.4 Å². The van der Waals surface area contributed by atoms with E-state index in [1.807, 2.05) is 30.3 Å². The van der Waals surface area contributed by atoms with Crippen LogP contribution in [0.1, 0.15) is 39.2 Å². The van der Waals surface area contributed by atoms with Crippen molar-refractivity contribution in [1.82, 2.24) is 10.2 Å². The Balaban J connectivity index is 2.06. The maximum absolute atomic E-state index is 13.0. The number of carbonyl (C=O) groups is 4. The van der Waals surface area contributed by atoms with Gasteiger partial charge in [-0.05, 0) is 25.3 Å². The second-order valence-electron chi connectivity index (χ2n) is 7.40. The molecule has 0 aliphatic carbocycles. The molecule has 1 saturated heterocycles. The number of carbonyl (C=O) groups excluding carboxylic acids is 4. The first-order chi connectivity index (χ1) is 14.3. The third-order valence-electron chi connectivity index (χ3n) is 4.97. The quantitative estimate of drug-likeness (QED) is 0.599. The zero-order chi connectivity index (χ0) is 22.1. The van der Waals surface area contributed by atoms with E-state index in [1.165, 1.54) is 6.92 Å². The lowest BCUT2D eigenvalue weighted by Crippen LogP contribution is -2.52. The maximum Gasteiger partial charge on any atom is 0.328 e. The first-order valence-corrected chi connectivity index (χ1v) is 11.3. The Hall–Kier alpha value is -2.35. The second kappa shape index (κ2) is 11.7. The molecule has 0 saturated carbocycles. The first kappa shape index (κ1) is 23.9. The van der Waals surface area contributed by atoms with Crippen LogP contribution in [0.4, 0.5) is 0 Å². The molecule has 0 radical (unpaired) electrons. The van der Waals surface area contributed by atoms with Crippen LogP contribution in [0.15, 0.2) is 30.3 Å². The van der Waals surface area contributed by atoms with Gasteiger partial charge in [-0.1, -0.05) is 49.0 Å². The molecule has 0 spiro atoms. The predicted octanol–water partition coefficient (Wildman–Crippen LogP) is 2.18. The predicted molar refractivity (Wildman–Crippen MR) is 116 cm³/mol. The Bertz CT molecular complexity index is 755. The zero-order valence-electron chi connectivity index (χ0n) is 17.8. The number of nitrogens with zero attached hydrogens (tertiary/aromatic N) is 1. The van der Waals surface area contributed by atoms with Gasteiger partial charge in [0.05, 0.1) is 6.61 Å². The molecular formula is C22H30N2O5S. The smallest absolute Gasteiger partial charge is 0.328 e. The number of benzene rings is 1. The van der Waals surface area contributed by atoms with E-state index in [-0.39, 0.29) is 29.5 Å². The SMILES string of the molecule is CCOC(=O)[C@H](Cc1ccccc1)NC(=O)[C@@H]1CCCN1C(=O)[C@H](C)CSC(C)=O. The number of hydrogen-bond acceptors (Lipinski definition) is 6. The highest BCUT2D eigenvalue weighted by Gasteiger charge is 2.37. The third kappa shape index (κ3) is 6.86. The Morgan fingerprint density at radius 2 is 1.93 bits per heavy atom. The van der Waals surface area contributed by atoms with Crippen LogP contribution < -0.4 is 5.32 Å². The van der Waals surface area contributed by atoms with E-state index in [0.29, 0.717) is 25.1 Å². The summed E-state index contributed by atoms with van der Waals surface area (Å²) in [5, 5.41) is 2.76. The normalized spacial score (nSPS) is 17.8. The number of thioether (sulfide) groups is 1. The van der Waals surface area contributed by atoms with Gasteiger partial charge in [-0.2, -0.15) is 0 Å². The van der Waals surface area contributed by atoms with Crippen molar-refractivity contribution in [1.29, 1.82) is 0 Å². The molecule has 1 fully saturated rings. The number of esters is 1. The molecule has 1 aromatic carbocycles. The minimum Gasteiger partial charge on any atom is -0.464 e. The van der Waals surface area contributed by atoms with Gasteiger partial charge in [0.25, 0.3) is 0 Å². The van der Waals surface area contributed by atoms with E-state index >= 15 is 0 Å². The van der Waals surface area contributed by atoms with Gasteiger partial charge in [-0.15, -0.1) is 0 Å². The van der Waals surface area contributed by atoms with Crippen LogP contribution in [0.2, 0.25) is 0 Å². The van der Waals surface area contributed by atoms with Crippen LogP contribution in [0.5, 0.6) is 0 Å². The Labute approximate surface area is 181 Å². The molecule has 8 heteroatoms. The van der Waals surface area contributed by atoms with Crippen molar-refractivity contribution >= 4 is 34.7 Å². The van der Waals surface area contributed by atoms with Gasteiger partial charge >= 0.3 is 5.97 Å². The van der Waals surface area contributed by atoms with Crippen molar-refractivity contribution in [3.8, 4) is 0 Å². The van der Waals surface area contributed by atoms with Crippen molar-refractivity contribution in [2.45, 2.75) is 52.1 Å². The Morgan fingerprint density at radius 1 is 1.23 bits per heavy atom. The molecular weight excluding hydrogens is 404 g/mol. The summed E-state index contributed by atoms with van der Waals surface area (Å²) in [7, 11) is 0. The minimum atomic E-state index is -0.817. The number of hydrogen-bond donors (Lipinski definition) is 1. The van der Waals surface area contributed by atoms with Gasteiger partial charge < -0.3 is 15.0 Å².